The Morgan fingerprint density at radius 2 is 2.05 bits per heavy atom. The molecule has 0 fully saturated rings. The number of aromatic hydroxyl groups is 1. The number of rotatable bonds is 3. The van der Waals surface area contributed by atoms with E-state index in [2.05, 4.69) is 24.3 Å². The quantitative estimate of drug-likeness (QED) is 0.666. The third-order valence-corrected chi connectivity index (χ3v) is 4.53. The molecule has 2 aromatic carbocycles. The Hall–Kier alpha value is -1.81. The van der Waals surface area contributed by atoms with Crippen LogP contribution >= 0.6 is 11.8 Å². The molecule has 3 N–H and O–H groups in total. The molecule has 1 atom stereocenters. The number of phenolic OH excluding ortho intramolecular Hbond substituents is 1. The molecule has 1 unspecified atom stereocenters. The van der Waals surface area contributed by atoms with E-state index in [1.165, 1.54) is 10.5 Å². The highest BCUT2D eigenvalue weighted by Crippen LogP contribution is 2.40. The number of anilines is 1. The summed E-state index contributed by atoms with van der Waals surface area (Å²) in [4.78, 5) is 1.33. The summed E-state index contributed by atoms with van der Waals surface area (Å²) in [6.45, 7) is 0.581. The van der Waals surface area contributed by atoms with Crippen LogP contribution in [0.4, 0.5) is 5.69 Å². The predicted octanol–water partition coefficient (Wildman–Crippen LogP) is 3.24. The summed E-state index contributed by atoms with van der Waals surface area (Å²) in [6.07, 6.45) is 0. The van der Waals surface area contributed by atoms with Gasteiger partial charge in [0, 0.05) is 16.6 Å². The first-order valence-corrected chi connectivity index (χ1v) is 7.16. The molecule has 0 saturated heterocycles. The number of ether oxygens (including phenoxy) is 1. The third kappa shape index (κ3) is 2.36. The van der Waals surface area contributed by atoms with Crippen LogP contribution in [-0.4, -0.2) is 17.5 Å². The lowest BCUT2D eigenvalue weighted by Crippen LogP contribution is -2.10. The minimum atomic E-state index is 0.0682. The summed E-state index contributed by atoms with van der Waals surface area (Å²) in [5, 5.41) is 9.54. The molecule has 1 heterocycles. The average molecular weight is 273 g/mol. The first kappa shape index (κ1) is 12.2. The van der Waals surface area contributed by atoms with Gasteiger partial charge >= 0.3 is 0 Å². The van der Waals surface area contributed by atoms with Crippen LogP contribution in [0.2, 0.25) is 0 Å². The molecule has 0 bridgehead atoms. The first-order valence-electron chi connectivity index (χ1n) is 6.17. The van der Waals surface area contributed by atoms with Crippen molar-refractivity contribution in [2.24, 2.45) is 0 Å². The van der Waals surface area contributed by atoms with E-state index in [0.29, 0.717) is 24.0 Å². The molecule has 4 heteroatoms. The molecule has 98 valence electrons. The lowest BCUT2D eigenvalue weighted by molar-refractivity contribution is 0.298. The van der Waals surface area contributed by atoms with Gasteiger partial charge in [-0.25, -0.2) is 0 Å². The molecular formula is C15H15NO2S. The Morgan fingerprint density at radius 1 is 1.21 bits per heavy atom. The van der Waals surface area contributed by atoms with Gasteiger partial charge in [-0.15, -0.1) is 11.8 Å². The molecule has 19 heavy (non-hydrogen) atoms. The summed E-state index contributed by atoms with van der Waals surface area (Å²) in [5.74, 6) is 2.02. The molecule has 0 aliphatic carbocycles. The van der Waals surface area contributed by atoms with Crippen molar-refractivity contribution in [1.82, 2.24) is 0 Å². The summed E-state index contributed by atoms with van der Waals surface area (Å²) in [5.41, 5.74) is 7.43. The third-order valence-electron chi connectivity index (χ3n) is 3.28. The van der Waals surface area contributed by atoms with Gasteiger partial charge in [0.05, 0.1) is 6.61 Å². The van der Waals surface area contributed by atoms with Crippen molar-refractivity contribution in [3.63, 3.8) is 0 Å². The second kappa shape index (κ2) is 5.05. The van der Waals surface area contributed by atoms with Gasteiger partial charge in [0.15, 0.2) is 0 Å². The molecule has 0 amide bonds. The number of hydrogen-bond donors (Lipinski definition) is 2. The number of hydrogen-bond acceptors (Lipinski definition) is 4. The lowest BCUT2D eigenvalue weighted by Gasteiger charge is -2.14. The number of nitrogens with two attached hydrogens (primary N) is 1. The molecule has 0 spiro atoms. The SMILES string of the molecule is Nc1c(O)cccc1OCC1CSc2ccccc21. The topological polar surface area (TPSA) is 55.5 Å². The van der Waals surface area contributed by atoms with E-state index in [0.717, 1.165) is 5.75 Å². The summed E-state index contributed by atoms with van der Waals surface area (Å²) in [7, 11) is 0. The van der Waals surface area contributed by atoms with E-state index in [1.54, 1.807) is 18.2 Å². The van der Waals surface area contributed by atoms with E-state index in [9.17, 15) is 5.11 Å². The van der Waals surface area contributed by atoms with Crippen LogP contribution in [0.25, 0.3) is 0 Å². The Morgan fingerprint density at radius 3 is 2.95 bits per heavy atom. The van der Waals surface area contributed by atoms with E-state index < -0.39 is 0 Å². The van der Waals surface area contributed by atoms with Crippen molar-refractivity contribution in [2.45, 2.75) is 10.8 Å². The summed E-state index contributed by atoms with van der Waals surface area (Å²) in [6, 6.07) is 13.5. The maximum absolute atomic E-state index is 9.54. The molecule has 0 saturated carbocycles. The van der Waals surface area contributed by atoms with Crippen molar-refractivity contribution in [3.05, 3.63) is 48.0 Å². The second-order valence-electron chi connectivity index (χ2n) is 4.55. The van der Waals surface area contributed by atoms with Gasteiger partial charge in [-0.3, -0.25) is 0 Å². The number of benzene rings is 2. The maximum atomic E-state index is 9.54. The Kier molecular flexibility index (Phi) is 3.25. The van der Waals surface area contributed by atoms with Crippen LogP contribution in [0.5, 0.6) is 11.5 Å². The van der Waals surface area contributed by atoms with Gasteiger partial charge in [-0.05, 0) is 23.8 Å². The zero-order chi connectivity index (χ0) is 13.2. The number of phenols is 1. The van der Waals surface area contributed by atoms with Crippen LogP contribution < -0.4 is 10.5 Å². The van der Waals surface area contributed by atoms with Crippen LogP contribution in [0.15, 0.2) is 47.4 Å². The smallest absolute Gasteiger partial charge is 0.146 e. The number of thioether (sulfide) groups is 1. The highest BCUT2D eigenvalue weighted by atomic mass is 32.2. The number of nitrogen functional groups attached to an aromatic ring is 1. The molecule has 0 aromatic heterocycles. The largest absolute Gasteiger partial charge is 0.506 e. The number of fused-ring (bicyclic) bond motifs is 1. The van der Waals surface area contributed by atoms with Crippen molar-refractivity contribution >= 4 is 17.4 Å². The molecule has 3 nitrogen and oxygen atoms in total. The minimum Gasteiger partial charge on any atom is -0.506 e. The van der Waals surface area contributed by atoms with Crippen molar-refractivity contribution in [1.29, 1.82) is 0 Å². The van der Waals surface area contributed by atoms with Crippen molar-refractivity contribution in [3.8, 4) is 11.5 Å². The van der Waals surface area contributed by atoms with Crippen molar-refractivity contribution in [2.75, 3.05) is 18.1 Å². The van der Waals surface area contributed by atoms with E-state index in [1.807, 2.05) is 11.8 Å². The van der Waals surface area contributed by atoms with Gasteiger partial charge in [0.2, 0.25) is 0 Å². The second-order valence-corrected chi connectivity index (χ2v) is 5.61. The van der Waals surface area contributed by atoms with Crippen LogP contribution in [-0.2, 0) is 0 Å². The standard InChI is InChI=1S/C15H15NO2S/c16-15-12(17)5-3-6-13(15)18-8-10-9-19-14-7-2-1-4-11(10)14/h1-7,10,17H,8-9,16H2. The highest BCUT2D eigenvalue weighted by Gasteiger charge is 2.23. The predicted molar refractivity (Wildman–Crippen MR) is 77.9 cm³/mol. The molecule has 1 aliphatic rings. The fraction of sp³-hybridized carbons (Fsp3) is 0.200. The molecule has 2 aromatic rings. The molecular weight excluding hydrogens is 258 g/mol. The zero-order valence-electron chi connectivity index (χ0n) is 10.4. The lowest BCUT2D eigenvalue weighted by atomic mass is 10.0. The van der Waals surface area contributed by atoms with E-state index in [4.69, 9.17) is 10.5 Å². The van der Waals surface area contributed by atoms with Gasteiger partial charge in [-0.1, -0.05) is 24.3 Å². The van der Waals surface area contributed by atoms with Crippen LogP contribution in [0.1, 0.15) is 11.5 Å². The normalized spacial score (nSPS) is 17.2. The summed E-state index contributed by atoms with van der Waals surface area (Å²) >= 11 is 1.86. The van der Waals surface area contributed by atoms with Crippen molar-refractivity contribution < 1.29 is 9.84 Å². The number of para-hydroxylation sites is 1. The first-order chi connectivity index (χ1) is 9.25. The molecule has 3 rings (SSSR count). The van der Waals surface area contributed by atoms with Gasteiger partial charge in [0.25, 0.3) is 0 Å². The van der Waals surface area contributed by atoms with E-state index in [-0.39, 0.29) is 5.75 Å². The monoisotopic (exact) mass is 273 g/mol. The maximum Gasteiger partial charge on any atom is 0.146 e. The van der Waals surface area contributed by atoms with Gasteiger partial charge in [0.1, 0.15) is 17.2 Å². The van der Waals surface area contributed by atoms with Gasteiger partial charge in [-0.2, -0.15) is 0 Å². The Balaban J connectivity index is 1.73. The highest BCUT2D eigenvalue weighted by molar-refractivity contribution is 7.99. The Labute approximate surface area is 116 Å². The van der Waals surface area contributed by atoms with Crippen LogP contribution in [0, 0.1) is 0 Å². The van der Waals surface area contributed by atoms with E-state index >= 15 is 0 Å². The average Bonchev–Trinajstić information content (AvgIpc) is 2.84. The minimum absolute atomic E-state index is 0.0682. The summed E-state index contributed by atoms with van der Waals surface area (Å²) < 4.78 is 5.76. The fourth-order valence-corrected chi connectivity index (χ4v) is 3.45. The fourth-order valence-electron chi connectivity index (χ4n) is 2.22. The Bertz CT molecular complexity index is 600. The van der Waals surface area contributed by atoms with Gasteiger partial charge < -0.3 is 15.6 Å². The van der Waals surface area contributed by atoms with Crippen LogP contribution in [0.3, 0.4) is 0 Å². The molecule has 0 radical (unpaired) electrons. The molecule has 1 aliphatic heterocycles. The zero-order valence-corrected chi connectivity index (χ0v) is 11.2.